The highest BCUT2D eigenvalue weighted by molar-refractivity contribution is 5.94. The number of amides is 3. The van der Waals surface area contributed by atoms with Crippen LogP contribution in [0, 0.1) is 0 Å². The first-order chi connectivity index (χ1) is 17.0. The zero-order valence-electron chi connectivity index (χ0n) is 20.4. The second kappa shape index (κ2) is 11.9. The summed E-state index contributed by atoms with van der Waals surface area (Å²) >= 11 is 0. The summed E-state index contributed by atoms with van der Waals surface area (Å²) < 4.78 is 5.14. The van der Waals surface area contributed by atoms with Crippen molar-refractivity contribution in [1.82, 2.24) is 15.5 Å². The Bertz CT molecular complexity index is 1000. The minimum atomic E-state index is -0.370. The maximum absolute atomic E-state index is 13.0. The summed E-state index contributed by atoms with van der Waals surface area (Å²) in [5.74, 6) is 0.644. The molecule has 0 bridgehead atoms. The van der Waals surface area contributed by atoms with E-state index in [2.05, 4.69) is 10.6 Å². The molecule has 1 aliphatic carbocycles. The SMILES string of the molecule is COc1ccc(C(=O)NC2CCC(NC(=O)[C@@H]3CCCN3C(=O)CCc3ccccc3)CC2)cc1. The van der Waals surface area contributed by atoms with Crippen molar-refractivity contribution in [2.45, 2.75) is 69.5 Å². The minimum absolute atomic E-state index is 0.0405. The minimum Gasteiger partial charge on any atom is -0.497 e. The molecule has 0 aromatic heterocycles. The number of carbonyl (C=O) groups is 3. The molecule has 2 aliphatic rings. The zero-order valence-corrected chi connectivity index (χ0v) is 20.4. The summed E-state index contributed by atoms with van der Waals surface area (Å²) in [4.78, 5) is 40.1. The van der Waals surface area contributed by atoms with Gasteiger partial charge in [0, 0.05) is 30.6 Å². The lowest BCUT2D eigenvalue weighted by Crippen LogP contribution is -2.50. The van der Waals surface area contributed by atoms with Crippen LogP contribution < -0.4 is 15.4 Å². The molecule has 7 heteroatoms. The Hall–Kier alpha value is -3.35. The molecule has 4 rings (SSSR count). The van der Waals surface area contributed by atoms with Crippen LogP contribution in [0.5, 0.6) is 5.75 Å². The summed E-state index contributed by atoms with van der Waals surface area (Å²) in [7, 11) is 1.60. The van der Waals surface area contributed by atoms with Gasteiger partial charge >= 0.3 is 0 Å². The molecule has 7 nitrogen and oxygen atoms in total. The number of aryl methyl sites for hydroxylation is 1. The third kappa shape index (κ3) is 6.62. The van der Waals surface area contributed by atoms with Crippen LogP contribution in [0.25, 0.3) is 0 Å². The molecule has 2 fully saturated rings. The number of nitrogens with zero attached hydrogens (tertiary/aromatic N) is 1. The van der Waals surface area contributed by atoms with Gasteiger partial charge in [-0.25, -0.2) is 0 Å². The van der Waals surface area contributed by atoms with Gasteiger partial charge in [-0.1, -0.05) is 30.3 Å². The van der Waals surface area contributed by atoms with Crippen LogP contribution in [-0.2, 0) is 16.0 Å². The third-order valence-corrected chi connectivity index (χ3v) is 7.11. The highest BCUT2D eigenvalue weighted by Crippen LogP contribution is 2.23. The second-order valence-corrected chi connectivity index (χ2v) is 9.49. The van der Waals surface area contributed by atoms with Crippen molar-refractivity contribution < 1.29 is 19.1 Å². The lowest BCUT2D eigenvalue weighted by molar-refractivity contribution is -0.138. The van der Waals surface area contributed by atoms with Crippen LogP contribution in [-0.4, -0.2) is 54.4 Å². The first-order valence-electron chi connectivity index (χ1n) is 12.6. The van der Waals surface area contributed by atoms with Crippen molar-refractivity contribution in [3.8, 4) is 5.75 Å². The van der Waals surface area contributed by atoms with Crippen molar-refractivity contribution in [2.24, 2.45) is 0 Å². The molecule has 0 spiro atoms. The molecule has 1 saturated carbocycles. The van der Waals surface area contributed by atoms with Gasteiger partial charge in [-0.15, -0.1) is 0 Å². The Morgan fingerprint density at radius 2 is 1.54 bits per heavy atom. The average molecular weight is 478 g/mol. The van der Waals surface area contributed by atoms with Gasteiger partial charge in [-0.3, -0.25) is 14.4 Å². The fraction of sp³-hybridized carbons (Fsp3) is 0.464. The highest BCUT2D eigenvalue weighted by atomic mass is 16.5. The molecular weight excluding hydrogens is 442 g/mol. The van der Waals surface area contributed by atoms with Crippen molar-refractivity contribution >= 4 is 17.7 Å². The highest BCUT2D eigenvalue weighted by Gasteiger charge is 2.35. The number of rotatable bonds is 8. The smallest absolute Gasteiger partial charge is 0.251 e. The van der Waals surface area contributed by atoms with Crippen molar-refractivity contribution in [3.05, 3.63) is 65.7 Å². The van der Waals surface area contributed by atoms with Gasteiger partial charge in [0.2, 0.25) is 11.8 Å². The van der Waals surface area contributed by atoms with Crippen LogP contribution in [0.3, 0.4) is 0 Å². The number of hydrogen-bond acceptors (Lipinski definition) is 4. The number of ether oxygens (including phenoxy) is 1. The lowest BCUT2D eigenvalue weighted by Gasteiger charge is -2.31. The average Bonchev–Trinajstić information content (AvgIpc) is 3.39. The van der Waals surface area contributed by atoms with E-state index in [0.717, 1.165) is 49.8 Å². The van der Waals surface area contributed by atoms with Gasteiger partial charge in [0.05, 0.1) is 7.11 Å². The normalized spacial score (nSPS) is 21.9. The van der Waals surface area contributed by atoms with E-state index in [1.54, 1.807) is 36.3 Å². The Morgan fingerprint density at radius 3 is 2.20 bits per heavy atom. The van der Waals surface area contributed by atoms with E-state index < -0.39 is 0 Å². The Labute approximate surface area is 207 Å². The largest absolute Gasteiger partial charge is 0.497 e. The number of benzene rings is 2. The van der Waals surface area contributed by atoms with E-state index in [-0.39, 0.29) is 35.8 Å². The molecule has 1 heterocycles. The lowest BCUT2D eigenvalue weighted by atomic mass is 9.90. The van der Waals surface area contributed by atoms with Gasteiger partial charge < -0.3 is 20.3 Å². The van der Waals surface area contributed by atoms with E-state index in [1.807, 2.05) is 30.3 Å². The summed E-state index contributed by atoms with van der Waals surface area (Å²) in [5.41, 5.74) is 1.75. The molecule has 186 valence electrons. The molecule has 3 amide bonds. The van der Waals surface area contributed by atoms with Gasteiger partial charge in [0.25, 0.3) is 5.91 Å². The maximum atomic E-state index is 13.0. The van der Waals surface area contributed by atoms with E-state index in [1.165, 1.54) is 0 Å². The number of nitrogens with one attached hydrogen (secondary N) is 2. The van der Waals surface area contributed by atoms with Gasteiger partial charge in [0.15, 0.2) is 0 Å². The van der Waals surface area contributed by atoms with Crippen LogP contribution in [0.2, 0.25) is 0 Å². The van der Waals surface area contributed by atoms with Crippen LogP contribution in [0.15, 0.2) is 54.6 Å². The quantitative estimate of drug-likeness (QED) is 0.609. The topological polar surface area (TPSA) is 87.7 Å². The summed E-state index contributed by atoms with van der Waals surface area (Å²) in [6.07, 6.45) is 5.95. The molecule has 1 saturated heterocycles. The van der Waals surface area contributed by atoms with E-state index >= 15 is 0 Å². The molecule has 0 unspecified atom stereocenters. The molecule has 35 heavy (non-hydrogen) atoms. The Kier molecular flexibility index (Phi) is 8.40. The third-order valence-electron chi connectivity index (χ3n) is 7.11. The first-order valence-corrected chi connectivity index (χ1v) is 12.6. The van der Waals surface area contributed by atoms with Crippen LogP contribution in [0.4, 0.5) is 0 Å². The summed E-state index contributed by atoms with van der Waals surface area (Å²) in [5, 5.41) is 6.28. The van der Waals surface area contributed by atoms with Crippen molar-refractivity contribution in [1.29, 1.82) is 0 Å². The van der Waals surface area contributed by atoms with Gasteiger partial charge in [-0.2, -0.15) is 0 Å². The number of methoxy groups -OCH3 is 1. The number of carbonyl (C=O) groups excluding carboxylic acids is 3. The Balaban J connectivity index is 1.21. The molecule has 1 aliphatic heterocycles. The molecule has 2 aromatic carbocycles. The van der Waals surface area contributed by atoms with E-state index in [0.29, 0.717) is 24.9 Å². The molecule has 0 radical (unpaired) electrons. The molecule has 2 aromatic rings. The van der Waals surface area contributed by atoms with E-state index in [4.69, 9.17) is 4.74 Å². The van der Waals surface area contributed by atoms with Gasteiger partial charge in [-0.05, 0) is 74.8 Å². The molecule has 1 atom stereocenters. The predicted molar refractivity (Wildman–Crippen MR) is 134 cm³/mol. The molecule has 2 N–H and O–H groups in total. The van der Waals surface area contributed by atoms with Gasteiger partial charge in [0.1, 0.15) is 11.8 Å². The fourth-order valence-corrected chi connectivity index (χ4v) is 5.07. The monoisotopic (exact) mass is 477 g/mol. The number of hydrogen-bond donors (Lipinski definition) is 2. The fourth-order valence-electron chi connectivity index (χ4n) is 5.07. The standard InChI is InChI=1S/C28H35N3O4/c1-35-24-16-10-21(11-17-24)27(33)29-22-12-14-23(15-13-22)30-28(34)25-8-5-19-31(25)26(32)18-9-20-6-3-2-4-7-20/h2-4,6-7,10-11,16-17,22-23,25H,5,8-9,12-15,18-19H2,1H3,(H,29,33)(H,30,34)/t22?,23?,25-/m0/s1. The number of likely N-dealkylation sites (tertiary alicyclic amines) is 1. The maximum Gasteiger partial charge on any atom is 0.251 e. The predicted octanol–water partition coefficient (Wildman–Crippen LogP) is 3.48. The summed E-state index contributed by atoms with van der Waals surface area (Å²) in [6.45, 7) is 0.649. The first kappa shape index (κ1) is 24.8. The second-order valence-electron chi connectivity index (χ2n) is 9.49. The zero-order chi connectivity index (χ0) is 24.6. The van der Waals surface area contributed by atoms with Crippen LogP contribution >= 0.6 is 0 Å². The van der Waals surface area contributed by atoms with Crippen LogP contribution in [0.1, 0.15) is 60.9 Å². The van der Waals surface area contributed by atoms with E-state index in [9.17, 15) is 14.4 Å². The summed E-state index contributed by atoms with van der Waals surface area (Å²) in [6, 6.07) is 16.9. The molecular formula is C28H35N3O4. The Morgan fingerprint density at radius 1 is 0.886 bits per heavy atom. The van der Waals surface area contributed by atoms with Crippen molar-refractivity contribution in [2.75, 3.05) is 13.7 Å². The van der Waals surface area contributed by atoms with Crippen molar-refractivity contribution in [3.63, 3.8) is 0 Å².